The van der Waals surface area contributed by atoms with Crippen LogP contribution in [0.15, 0.2) is 18.2 Å². The van der Waals surface area contributed by atoms with Crippen molar-refractivity contribution in [2.45, 2.75) is 25.3 Å². The van der Waals surface area contributed by atoms with Crippen LogP contribution in [0.5, 0.6) is 0 Å². The molecular formula is C13H16F2N2O. The van der Waals surface area contributed by atoms with Crippen LogP contribution in [0.1, 0.15) is 18.9 Å². The van der Waals surface area contributed by atoms with Gasteiger partial charge in [0.25, 0.3) is 0 Å². The monoisotopic (exact) mass is 254 g/mol. The van der Waals surface area contributed by atoms with Crippen LogP contribution in [-0.4, -0.2) is 24.5 Å². The molecule has 0 saturated carbocycles. The molecule has 3 nitrogen and oxygen atoms in total. The second kappa shape index (κ2) is 5.02. The molecule has 1 aromatic rings. The third kappa shape index (κ3) is 3.04. The first-order valence-corrected chi connectivity index (χ1v) is 5.94. The van der Waals surface area contributed by atoms with E-state index in [1.165, 1.54) is 6.07 Å². The molecule has 2 N–H and O–H groups in total. The number of benzene rings is 1. The van der Waals surface area contributed by atoms with Gasteiger partial charge in [0.15, 0.2) is 11.6 Å². The Labute approximate surface area is 105 Å². The molecule has 1 aliphatic rings. The van der Waals surface area contributed by atoms with Crippen molar-refractivity contribution in [3.05, 3.63) is 35.4 Å². The van der Waals surface area contributed by atoms with Gasteiger partial charge in [-0.05, 0) is 37.6 Å². The van der Waals surface area contributed by atoms with E-state index in [0.717, 1.165) is 31.6 Å². The molecule has 0 aromatic heterocycles. The maximum absolute atomic E-state index is 13.0. The third-order valence-corrected chi connectivity index (χ3v) is 3.16. The van der Waals surface area contributed by atoms with Crippen LogP contribution in [0.4, 0.5) is 8.78 Å². The predicted molar refractivity (Wildman–Crippen MR) is 64.1 cm³/mol. The molecule has 1 fully saturated rings. The fourth-order valence-corrected chi connectivity index (χ4v) is 2.14. The predicted octanol–water partition coefficient (Wildman–Crippen LogP) is 1.38. The average Bonchev–Trinajstić information content (AvgIpc) is 2.70. The van der Waals surface area contributed by atoms with Gasteiger partial charge in [0, 0.05) is 6.54 Å². The molecule has 1 aliphatic heterocycles. The minimum absolute atomic E-state index is 0.0623. The summed E-state index contributed by atoms with van der Waals surface area (Å²) in [7, 11) is 0. The van der Waals surface area contributed by atoms with E-state index in [4.69, 9.17) is 0 Å². The summed E-state index contributed by atoms with van der Waals surface area (Å²) in [4.78, 5) is 11.8. The SMILES string of the molecule is CC1(NC(=O)Cc2ccc(F)c(F)c2)CCNC1. The summed E-state index contributed by atoms with van der Waals surface area (Å²) in [6.07, 6.45) is 0.934. The lowest BCUT2D eigenvalue weighted by Gasteiger charge is -2.24. The Kier molecular flexibility index (Phi) is 3.61. The van der Waals surface area contributed by atoms with E-state index in [2.05, 4.69) is 10.6 Å². The second-order valence-corrected chi connectivity index (χ2v) is 4.96. The molecule has 0 radical (unpaired) electrons. The lowest BCUT2D eigenvalue weighted by atomic mass is 10.0. The third-order valence-electron chi connectivity index (χ3n) is 3.16. The van der Waals surface area contributed by atoms with E-state index in [-0.39, 0.29) is 17.9 Å². The minimum atomic E-state index is -0.922. The van der Waals surface area contributed by atoms with Crippen LogP contribution in [0, 0.1) is 11.6 Å². The van der Waals surface area contributed by atoms with E-state index in [0.29, 0.717) is 5.56 Å². The van der Waals surface area contributed by atoms with Gasteiger partial charge in [0.1, 0.15) is 0 Å². The van der Waals surface area contributed by atoms with Gasteiger partial charge in [-0.25, -0.2) is 8.78 Å². The van der Waals surface area contributed by atoms with Crippen molar-refractivity contribution in [1.29, 1.82) is 0 Å². The van der Waals surface area contributed by atoms with Crippen LogP contribution in [0.2, 0.25) is 0 Å². The molecule has 1 aromatic carbocycles. The normalized spacial score (nSPS) is 23.1. The molecule has 98 valence electrons. The highest BCUT2D eigenvalue weighted by Gasteiger charge is 2.29. The molecule has 1 atom stereocenters. The van der Waals surface area contributed by atoms with Crippen molar-refractivity contribution < 1.29 is 13.6 Å². The summed E-state index contributed by atoms with van der Waals surface area (Å²) in [5, 5.41) is 6.09. The molecule has 1 amide bonds. The average molecular weight is 254 g/mol. The van der Waals surface area contributed by atoms with Crippen molar-refractivity contribution in [3.8, 4) is 0 Å². The highest BCUT2D eigenvalue weighted by atomic mass is 19.2. The molecule has 1 unspecified atom stereocenters. The smallest absolute Gasteiger partial charge is 0.224 e. The molecule has 1 saturated heterocycles. The van der Waals surface area contributed by atoms with Gasteiger partial charge in [-0.2, -0.15) is 0 Å². The van der Waals surface area contributed by atoms with Crippen LogP contribution < -0.4 is 10.6 Å². The topological polar surface area (TPSA) is 41.1 Å². The quantitative estimate of drug-likeness (QED) is 0.855. The largest absolute Gasteiger partial charge is 0.349 e. The summed E-state index contributed by atoms with van der Waals surface area (Å²) in [5.74, 6) is -1.99. The molecule has 0 spiro atoms. The van der Waals surface area contributed by atoms with Gasteiger partial charge in [-0.3, -0.25) is 4.79 Å². The highest BCUT2D eigenvalue weighted by Crippen LogP contribution is 2.14. The van der Waals surface area contributed by atoms with Gasteiger partial charge in [-0.1, -0.05) is 6.07 Å². The Hall–Kier alpha value is -1.49. The van der Waals surface area contributed by atoms with Crippen molar-refractivity contribution in [1.82, 2.24) is 10.6 Å². The van der Waals surface area contributed by atoms with Gasteiger partial charge >= 0.3 is 0 Å². The summed E-state index contributed by atoms with van der Waals surface area (Å²) < 4.78 is 25.7. The fraction of sp³-hybridized carbons (Fsp3) is 0.462. The Morgan fingerprint density at radius 3 is 2.83 bits per heavy atom. The Balaban J connectivity index is 1.96. The van der Waals surface area contributed by atoms with Crippen LogP contribution in [0.3, 0.4) is 0 Å². The molecular weight excluding hydrogens is 238 g/mol. The highest BCUT2D eigenvalue weighted by molar-refractivity contribution is 5.79. The van der Waals surface area contributed by atoms with E-state index >= 15 is 0 Å². The van der Waals surface area contributed by atoms with Crippen molar-refractivity contribution in [3.63, 3.8) is 0 Å². The van der Waals surface area contributed by atoms with Crippen molar-refractivity contribution >= 4 is 5.91 Å². The number of carbonyl (C=O) groups is 1. The van der Waals surface area contributed by atoms with E-state index in [1.54, 1.807) is 0 Å². The summed E-state index contributed by atoms with van der Waals surface area (Å²) in [5.41, 5.74) is 0.233. The van der Waals surface area contributed by atoms with Gasteiger partial charge < -0.3 is 10.6 Å². The van der Waals surface area contributed by atoms with Gasteiger partial charge in [0.05, 0.1) is 12.0 Å². The summed E-state index contributed by atoms with van der Waals surface area (Å²) in [6.45, 7) is 3.58. The molecule has 0 aliphatic carbocycles. The van der Waals surface area contributed by atoms with Crippen LogP contribution in [0.25, 0.3) is 0 Å². The first-order valence-electron chi connectivity index (χ1n) is 5.94. The first-order chi connectivity index (χ1) is 8.48. The van der Waals surface area contributed by atoms with E-state index < -0.39 is 11.6 Å². The fourth-order valence-electron chi connectivity index (χ4n) is 2.14. The van der Waals surface area contributed by atoms with Gasteiger partial charge in [-0.15, -0.1) is 0 Å². The Bertz CT molecular complexity index is 456. The number of hydrogen-bond acceptors (Lipinski definition) is 2. The first kappa shape index (κ1) is 13.0. The summed E-state index contributed by atoms with van der Waals surface area (Å²) >= 11 is 0. The standard InChI is InChI=1S/C13H16F2N2O/c1-13(4-5-16-8-13)17-12(18)7-9-2-3-10(14)11(15)6-9/h2-3,6,16H,4-5,7-8H2,1H3,(H,17,18). The number of nitrogens with one attached hydrogen (secondary N) is 2. The number of halogens is 2. The number of rotatable bonds is 3. The summed E-state index contributed by atoms with van der Waals surface area (Å²) in [6, 6.07) is 3.52. The van der Waals surface area contributed by atoms with Gasteiger partial charge in [0.2, 0.25) is 5.91 Å². The second-order valence-electron chi connectivity index (χ2n) is 4.96. The van der Waals surface area contributed by atoms with Crippen LogP contribution in [-0.2, 0) is 11.2 Å². The maximum atomic E-state index is 13.0. The lowest BCUT2D eigenvalue weighted by Crippen LogP contribution is -2.48. The van der Waals surface area contributed by atoms with Crippen LogP contribution >= 0.6 is 0 Å². The number of carbonyl (C=O) groups excluding carboxylic acids is 1. The molecule has 2 rings (SSSR count). The lowest BCUT2D eigenvalue weighted by molar-refractivity contribution is -0.122. The van der Waals surface area contributed by atoms with Crippen molar-refractivity contribution in [2.24, 2.45) is 0 Å². The molecule has 0 bridgehead atoms. The molecule has 1 heterocycles. The van der Waals surface area contributed by atoms with E-state index in [9.17, 15) is 13.6 Å². The number of hydrogen-bond donors (Lipinski definition) is 2. The molecule has 5 heteroatoms. The Morgan fingerprint density at radius 1 is 1.44 bits per heavy atom. The zero-order chi connectivity index (χ0) is 13.2. The Morgan fingerprint density at radius 2 is 2.22 bits per heavy atom. The van der Waals surface area contributed by atoms with E-state index in [1.807, 2.05) is 6.92 Å². The molecule has 18 heavy (non-hydrogen) atoms. The number of amides is 1. The maximum Gasteiger partial charge on any atom is 0.224 e. The zero-order valence-corrected chi connectivity index (χ0v) is 10.2. The van der Waals surface area contributed by atoms with Crippen molar-refractivity contribution in [2.75, 3.05) is 13.1 Å². The minimum Gasteiger partial charge on any atom is -0.349 e. The zero-order valence-electron chi connectivity index (χ0n) is 10.2.